The molecule has 0 N–H and O–H groups in total. The number of carbonyl (C=O) groups is 1. The van der Waals surface area contributed by atoms with E-state index in [1.165, 1.54) is 24.3 Å². The first-order valence-corrected chi connectivity index (χ1v) is 10.4. The Morgan fingerprint density at radius 2 is 1.47 bits per heavy atom. The van der Waals surface area contributed by atoms with Gasteiger partial charge in [0.25, 0.3) is 5.69 Å². The van der Waals surface area contributed by atoms with Gasteiger partial charge < -0.3 is 4.74 Å². The van der Waals surface area contributed by atoms with Gasteiger partial charge in [-0.15, -0.1) is 0 Å². The molecule has 0 bridgehead atoms. The first kappa shape index (κ1) is 21.4. The standard InChI is InChI=1S/C26H24N2O4/c1-25(2)22(18-10-6-4-7-11-18)26(3,23(27-25)19-12-8-5-9-13-19)32-24(29)20-14-16-21(17-15-20)28(30)31/h4-17,22H,1-3H3/t22-,26+/m0/s1. The lowest BCUT2D eigenvalue weighted by molar-refractivity contribution is -0.384. The van der Waals surface area contributed by atoms with Crippen molar-refractivity contribution in [1.82, 2.24) is 0 Å². The van der Waals surface area contributed by atoms with Crippen LogP contribution in [0.25, 0.3) is 0 Å². The second kappa shape index (κ2) is 8.04. The van der Waals surface area contributed by atoms with Crippen molar-refractivity contribution in [2.24, 2.45) is 4.99 Å². The van der Waals surface area contributed by atoms with E-state index in [4.69, 9.17) is 9.73 Å². The second-order valence-corrected chi connectivity index (χ2v) is 8.62. The van der Waals surface area contributed by atoms with Crippen LogP contribution in [0.15, 0.2) is 89.9 Å². The number of non-ortho nitro benzene ring substituents is 1. The molecule has 0 saturated heterocycles. The molecule has 1 aliphatic heterocycles. The van der Waals surface area contributed by atoms with Crippen molar-refractivity contribution < 1.29 is 14.5 Å². The first-order chi connectivity index (χ1) is 15.2. The molecule has 6 nitrogen and oxygen atoms in total. The van der Waals surface area contributed by atoms with Crippen molar-refractivity contribution >= 4 is 17.4 Å². The summed E-state index contributed by atoms with van der Waals surface area (Å²) in [6.45, 7) is 5.98. The summed E-state index contributed by atoms with van der Waals surface area (Å²) in [5, 5.41) is 11.0. The van der Waals surface area contributed by atoms with Gasteiger partial charge >= 0.3 is 5.97 Å². The zero-order valence-corrected chi connectivity index (χ0v) is 18.2. The number of benzene rings is 3. The van der Waals surface area contributed by atoms with Crippen LogP contribution in [0.3, 0.4) is 0 Å². The molecular weight excluding hydrogens is 404 g/mol. The van der Waals surface area contributed by atoms with Crippen LogP contribution in [-0.4, -0.2) is 27.7 Å². The topological polar surface area (TPSA) is 81.8 Å². The van der Waals surface area contributed by atoms with Crippen LogP contribution in [0.5, 0.6) is 0 Å². The molecule has 0 aromatic heterocycles. The Morgan fingerprint density at radius 3 is 2.03 bits per heavy atom. The van der Waals surface area contributed by atoms with Crippen LogP contribution in [0.1, 0.15) is 48.2 Å². The molecule has 3 aromatic rings. The third-order valence-electron chi connectivity index (χ3n) is 5.93. The summed E-state index contributed by atoms with van der Waals surface area (Å²) in [7, 11) is 0. The Kier molecular flexibility index (Phi) is 5.38. The summed E-state index contributed by atoms with van der Waals surface area (Å²) in [6.07, 6.45) is 0. The van der Waals surface area contributed by atoms with E-state index in [-0.39, 0.29) is 17.2 Å². The highest BCUT2D eigenvalue weighted by molar-refractivity contribution is 6.10. The molecule has 2 atom stereocenters. The minimum absolute atomic E-state index is 0.0801. The maximum absolute atomic E-state index is 13.2. The van der Waals surface area contributed by atoms with Gasteiger partial charge in [-0.2, -0.15) is 0 Å². The Bertz CT molecular complexity index is 1170. The highest BCUT2D eigenvalue weighted by Crippen LogP contribution is 2.49. The molecule has 6 heteroatoms. The number of carbonyl (C=O) groups excluding carboxylic acids is 1. The molecule has 0 unspecified atom stereocenters. The van der Waals surface area contributed by atoms with Crippen molar-refractivity contribution in [2.45, 2.75) is 37.8 Å². The fourth-order valence-electron chi connectivity index (χ4n) is 4.67. The summed E-state index contributed by atoms with van der Waals surface area (Å²) in [5.41, 5.74) is 1.20. The molecule has 3 aromatic carbocycles. The third kappa shape index (κ3) is 3.80. The molecule has 0 saturated carbocycles. The zero-order chi connectivity index (χ0) is 22.9. The van der Waals surface area contributed by atoms with Gasteiger partial charge in [-0.05, 0) is 44.0 Å². The molecule has 0 amide bonds. The monoisotopic (exact) mass is 428 g/mol. The molecule has 0 fully saturated rings. The van der Waals surface area contributed by atoms with Crippen LogP contribution in [0.4, 0.5) is 5.69 Å². The molecule has 0 aliphatic carbocycles. The molecule has 4 rings (SSSR count). The smallest absolute Gasteiger partial charge is 0.339 e. The number of rotatable bonds is 5. The molecule has 32 heavy (non-hydrogen) atoms. The number of nitro benzene ring substituents is 1. The highest BCUT2D eigenvalue weighted by atomic mass is 16.6. The fraction of sp³-hybridized carbons (Fsp3) is 0.231. The summed E-state index contributed by atoms with van der Waals surface area (Å²) in [6, 6.07) is 25.1. The maximum atomic E-state index is 13.2. The lowest BCUT2D eigenvalue weighted by atomic mass is 9.72. The second-order valence-electron chi connectivity index (χ2n) is 8.62. The van der Waals surface area contributed by atoms with Gasteiger partial charge in [0.1, 0.15) is 0 Å². The van der Waals surface area contributed by atoms with Crippen LogP contribution in [-0.2, 0) is 4.74 Å². The van der Waals surface area contributed by atoms with Crippen molar-refractivity contribution in [3.05, 3.63) is 112 Å². The van der Waals surface area contributed by atoms with Crippen molar-refractivity contribution in [2.75, 3.05) is 0 Å². The Labute approximate surface area is 186 Å². The molecular formula is C26H24N2O4. The van der Waals surface area contributed by atoms with E-state index in [2.05, 4.69) is 0 Å². The van der Waals surface area contributed by atoms with Crippen LogP contribution < -0.4 is 0 Å². The Morgan fingerprint density at radius 1 is 0.906 bits per heavy atom. The van der Waals surface area contributed by atoms with Gasteiger partial charge in [0.05, 0.1) is 27.7 Å². The maximum Gasteiger partial charge on any atom is 0.339 e. The summed E-state index contributed by atoms with van der Waals surface area (Å²) >= 11 is 0. The number of nitro groups is 1. The lowest BCUT2D eigenvalue weighted by Crippen LogP contribution is -2.46. The number of aliphatic imine (C=N–C) groups is 1. The van der Waals surface area contributed by atoms with Crippen molar-refractivity contribution in [3.8, 4) is 0 Å². The number of nitrogens with zero attached hydrogens (tertiary/aromatic N) is 2. The lowest BCUT2D eigenvalue weighted by Gasteiger charge is -2.37. The summed E-state index contributed by atoms with van der Waals surface area (Å²) in [5.74, 6) is -0.780. The molecule has 1 aliphatic rings. The van der Waals surface area contributed by atoms with Crippen LogP contribution in [0, 0.1) is 10.1 Å². The molecule has 1 heterocycles. The number of ether oxygens (including phenoxy) is 1. The minimum Gasteiger partial charge on any atom is -0.448 e. The van der Waals surface area contributed by atoms with Crippen molar-refractivity contribution in [1.29, 1.82) is 0 Å². The van der Waals surface area contributed by atoms with E-state index in [0.29, 0.717) is 5.71 Å². The zero-order valence-electron chi connectivity index (χ0n) is 18.2. The van der Waals surface area contributed by atoms with Gasteiger partial charge in [0, 0.05) is 12.1 Å². The van der Waals surface area contributed by atoms with Gasteiger partial charge in [0.2, 0.25) is 0 Å². The third-order valence-corrected chi connectivity index (χ3v) is 5.93. The van der Waals surface area contributed by atoms with Crippen LogP contribution >= 0.6 is 0 Å². The van der Waals surface area contributed by atoms with E-state index < -0.39 is 22.0 Å². The van der Waals surface area contributed by atoms with Gasteiger partial charge in [-0.3, -0.25) is 15.1 Å². The van der Waals surface area contributed by atoms with Gasteiger partial charge in [-0.1, -0.05) is 60.7 Å². The van der Waals surface area contributed by atoms with Crippen molar-refractivity contribution in [3.63, 3.8) is 0 Å². The van der Waals surface area contributed by atoms with Crippen LogP contribution in [0.2, 0.25) is 0 Å². The minimum atomic E-state index is -1.05. The SMILES string of the molecule is CC1(C)N=C(c2ccccc2)[C@](C)(OC(=O)c2ccc([N+](=O)[O-])cc2)[C@H]1c1ccccc1. The molecule has 162 valence electrons. The van der Waals surface area contributed by atoms with E-state index >= 15 is 0 Å². The normalized spacial score (nSPS) is 21.6. The number of hydrogen-bond acceptors (Lipinski definition) is 5. The summed E-state index contributed by atoms with van der Waals surface area (Å²) in [4.78, 5) is 28.7. The highest BCUT2D eigenvalue weighted by Gasteiger charge is 2.56. The van der Waals surface area contributed by atoms with E-state index in [1.807, 2.05) is 81.4 Å². The van der Waals surface area contributed by atoms with E-state index in [0.717, 1.165) is 11.1 Å². The fourth-order valence-corrected chi connectivity index (χ4v) is 4.67. The number of esters is 1. The Balaban J connectivity index is 1.78. The predicted molar refractivity (Wildman–Crippen MR) is 123 cm³/mol. The number of hydrogen-bond donors (Lipinski definition) is 0. The largest absolute Gasteiger partial charge is 0.448 e. The quantitative estimate of drug-likeness (QED) is 0.302. The molecule has 0 radical (unpaired) electrons. The summed E-state index contributed by atoms with van der Waals surface area (Å²) < 4.78 is 6.22. The van der Waals surface area contributed by atoms with E-state index in [9.17, 15) is 14.9 Å². The predicted octanol–water partition coefficient (Wildman–Crippen LogP) is 5.58. The van der Waals surface area contributed by atoms with Gasteiger partial charge in [0.15, 0.2) is 5.60 Å². The Hall–Kier alpha value is -3.80. The van der Waals surface area contributed by atoms with Gasteiger partial charge in [-0.25, -0.2) is 4.79 Å². The molecule has 0 spiro atoms. The average molecular weight is 428 g/mol. The van der Waals surface area contributed by atoms with E-state index in [1.54, 1.807) is 0 Å². The average Bonchev–Trinajstić information content (AvgIpc) is 3.00. The first-order valence-electron chi connectivity index (χ1n) is 10.4.